The first-order valence-electron chi connectivity index (χ1n) is 14.1. The van der Waals surface area contributed by atoms with E-state index in [-0.39, 0.29) is 43.4 Å². The Balaban J connectivity index is 1.33. The van der Waals surface area contributed by atoms with Crippen LogP contribution in [0.25, 0.3) is 0 Å². The minimum Gasteiger partial charge on any atom is -0.395 e. The number of amides is 2. The van der Waals surface area contributed by atoms with E-state index >= 15 is 0 Å². The highest BCUT2D eigenvalue weighted by Crippen LogP contribution is 2.42. The molecule has 3 aromatic rings. The Morgan fingerprint density at radius 2 is 1.75 bits per heavy atom. The van der Waals surface area contributed by atoms with Crippen LogP contribution in [-0.2, 0) is 22.6 Å². The lowest BCUT2D eigenvalue weighted by Crippen LogP contribution is -2.46. The zero-order chi connectivity index (χ0) is 27.9. The summed E-state index contributed by atoms with van der Waals surface area (Å²) < 4.78 is 13.2. The second-order valence-corrected chi connectivity index (χ2v) is 10.7. The lowest BCUT2D eigenvalue weighted by atomic mass is 9.90. The quantitative estimate of drug-likeness (QED) is 0.310. The van der Waals surface area contributed by atoms with Gasteiger partial charge in [0.1, 0.15) is 0 Å². The zero-order valence-corrected chi connectivity index (χ0v) is 22.9. The van der Waals surface area contributed by atoms with Gasteiger partial charge in [-0.2, -0.15) is 0 Å². The summed E-state index contributed by atoms with van der Waals surface area (Å²) in [6.45, 7) is 4.36. The van der Waals surface area contributed by atoms with Crippen molar-refractivity contribution in [1.82, 2.24) is 10.2 Å². The lowest BCUT2D eigenvalue weighted by molar-refractivity contribution is -0.276. The molecule has 2 fully saturated rings. The second-order valence-electron chi connectivity index (χ2n) is 10.7. The first-order valence-corrected chi connectivity index (χ1v) is 14.1. The van der Waals surface area contributed by atoms with E-state index in [2.05, 4.69) is 22.5 Å². The summed E-state index contributed by atoms with van der Waals surface area (Å²) >= 11 is 0. The predicted molar refractivity (Wildman–Crippen MR) is 153 cm³/mol. The van der Waals surface area contributed by atoms with E-state index in [0.29, 0.717) is 18.8 Å². The Morgan fingerprint density at radius 3 is 2.50 bits per heavy atom. The number of hydrogen-bond acceptors (Lipinski definition) is 6. The van der Waals surface area contributed by atoms with Gasteiger partial charge in [-0.15, -0.1) is 0 Å². The average molecular weight is 546 g/mol. The van der Waals surface area contributed by atoms with Crippen LogP contribution in [0.3, 0.4) is 0 Å². The van der Waals surface area contributed by atoms with Crippen LogP contribution in [0, 0.1) is 5.92 Å². The van der Waals surface area contributed by atoms with Gasteiger partial charge in [0.25, 0.3) is 0 Å². The second kappa shape index (κ2) is 13.4. The number of nitrogens with zero attached hydrogens (tertiary/aromatic N) is 1. The molecule has 0 unspecified atom stereocenters. The van der Waals surface area contributed by atoms with E-state index in [1.165, 1.54) is 0 Å². The molecule has 0 radical (unpaired) electrons. The Bertz CT molecular complexity index is 1240. The summed E-state index contributed by atoms with van der Waals surface area (Å²) in [5.41, 5.74) is 4.36. The zero-order valence-electron chi connectivity index (χ0n) is 22.9. The maximum atomic E-state index is 12.6. The third kappa shape index (κ3) is 6.89. The van der Waals surface area contributed by atoms with Gasteiger partial charge in [-0.3, -0.25) is 4.90 Å². The van der Waals surface area contributed by atoms with Crippen LogP contribution in [0.4, 0.5) is 10.5 Å². The molecule has 5 rings (SSSR count). The molecule has 2 aliphatic heterocycles. The van der Waals surface area contributed by atoms with Gasteiger partial charge in [0, 0.05) is 36.3 Å². The Labute approximate surface area is 235 Å². The molecule has 2 amide bonds. The van der Waals surface area contributed by atoms with Crippen LogP contribution in [0.5, 0.6) is 0 Å². The largest absolute Gasteiger partial charge is 0.395 e. The fraction of sp³-hybridized carbons (Fsp3) is 0.406. The number of carbonyl (C=O) groups is 1. The van der Waals surface area contributed by atoms with Crippen LogP contribution >= 0.6 is 0 Å². The molecular weight excluding hydrogens is 506 g/mol. The van der Waals surface area contributed by atoms with Gasteiger partial charge in [-0.1, -0.05) is 73.7 Å². The van der Waals surface area contributed by atoms with Crippen molar-refractivity contribution in [3.8, 4) is 0 Å². The van der Waals surface area contributed by atoms with E-state index in [0.717, 1.165) is 41.6 Å². The molecule has 4 N–H and O–H groups in total. The minimum absolute atomic E-state index is 0.00799. The number of ether oxygens (including phenoxy) is 2. The highest BCUT2D eigenvalue weighted by Gasteiger charge is 2.40. The molecule has 8 heteroatoms. The van der Waals surface area contributed by atoms with Crippen molar-refractivity contribution in [3.63, 3.8) is 0 Å². The average Bonchev–Trinajstić information content (AvgIpc) is 3.45. The number of benzene rings is 3. The fourth-order valence-corrected chi connectivity index (χ4v) is 5.62. The van der Waals surface area contributed by atoms with Crippen LogP contribution in [0.15, 0.2) is 78.9 Å². The van der Waals surface area contributed by atoms with Crippen molar-refractivity contribution in [1.29, 1.82) is 0 Å². The van der Waals surface area contributed by atoms with Crippen LogP contribution < -0.4 is 10.6 Å². The maximum absolute atomic E-state index is 12.6. The summed E-state index contributed by atoms with van der Waals surface area (Å²) in [4.78, 5) is 14.9. The summed E-state index contributed by atoms with van der Waals surface area (Å²) in [5.74, 6) is 0.0567. The van der Waals surface area contributed by atoms with Crippen molar-refractivity contribution in [3.05, 3.63) is 101 Å². The van der Waals surface area contributed by atoms with E-state index in [1.807, 2.05) is 78.9 Å². The summed E-state index contributed by atoms with van der Waals surface area (Å²) in [5, 5.41) is 25.2. The molecule has 2 aliphatic rings. The van der Waals surface area contributed by atoms with Gasteiger partial charge >= 0.3 is 6.03 Å². The summed E-state index contributed by atoms with van der Waals surface area (Å²) in [7, 11) is 0. The normalized spacial score (nSPS) is 25.0. The number of urea groups is 1. The third-order valence-electron chi connectivity index (χ3n) is 7.96. The third-order valence-corrected chi connectivity index (χ3v) is 7.96. The maximum Gasteiger partial charge on any atom is 0.319 e. The smallest absolute Gasteiger partial charge is 0.319 e. The molecule has 0 spiro atoms. The molecule has 5 atom stereocenters. The molecule has 8 nitrogen and oxygen atoms in total. The summed E-state index contributed by atoms with van der Waals surface area (Å²) in [6, 6.07) is 25.1. The van der Waals surface area contributed by atoms with Gasteiger partial charge in [0.15, 0.2) is 6.29 Å². The molecular formula is C32H39N3O5. The first-order chi connectivity index (χ1) is 19.5. The fourth-order valence-electron chi connectivity index (χ4n) is 5.62. The predicted octanol–water partition coefficient (Wildman–Crippen LogP) is 4.75. The van der Waals surface area contributed by atoms with Crippen molar-refractivity contribution < 1.29 is 24.5 Å². The Kier molecular flexibility index (Phi) is 9.46. The molecule has 40 heavy (non-hydrogen) atoms. The van der Waals surface area contributed by atoms with E-state index in [4.69, 9.17) is 9.47 Å². The van der Waals surface area contributed by atoms with Crippen molar-refractivity contribution in [2.24, 2.45) is 5.92 Å². The minimum atomic E-state index is -0.631. The van der Waals surface area contributed by atoms with Crippen LogP contribution in [0.2, 0.25) is 0 Å². The Morgan fingerprint density at radius 1 is 0.950 bits per heavy atom. The molecule has 2 heterocycles. The van der Waals surface area contributed by atoms with Gasteiger partial charge in [0.2, 0.25) is 0 Å². The molecule has 2 saturated heterocycles. The number of aliphatic hydroxyl groups excluding tert-OH is 2. The Hall–Kier alpha value is -3.27. The van der Waals surface area contributed by atoms with E-state index in [1.54, 1.807) is 0 Å². The first kappa shape index (κ1) is 28.3. The highest BCUT2D eigenvalue weighted by atomic mass is 16.7. The number of anilines is 1. The van der Waals surface area contributed by atoms with E-state index < -0.39 is 6.29 Å². The number of nitrogens with one attached hydrogen (secondary N) is 2. The standard InChI is InChI=1S/C32H39N3O5/c1-22-29(19-35-16-6-11-28(35)21-37)39-31(40-30(22)25-14-12-24(20-36)13-15-25)26-9-5-10-27(17-26)34-32(38)33-18-23-7-3-2-4-8-23/h2-5,7-10,12-15,17,22,28-31,36-37H,6,11,16,18-21H2,1H3,(H2,33,34,38)/t22-,28+,29+,30+,31+/m1/s1. The van der Waals surface area contributed by atoms with Crippen LogP contribution in [0.1, 0.15) is 54.4 Å². The molecule has 0 bridgehead atoms. The lowest BCUT2D eigenvalue weighted by Gasteiger charge is -2.43. The molecule has 212 valence electrons. The van der Waals surface area contributed by atoms with Gasteiger partial charge in [-0.05, 0) is 48.2 Å². The number of rotatable bonds is 9. The van der Waals surface area contributed by atoms with Crippen molar-refractivity contribution in [2.75, 3.05) is 25.0 Å². The van der Waals surface area contributed by atoms with Gasteiger partial charge in [0.05, 0.1) is 25.4 Å². The number of likely N-dealkylation sites (tertiary alicyclic amines) is 1. The SMILES string of the molecule is C[C@@H]1[C@H](CN2CCC[C@H]2CO)O[C@H](c2cccc(NC(=O)NCc3ccccc3)c2)O[C@@H]1c1ccc(CO)cc1. The number of hydrogen-bond donors (Lipinski definition) is 4. The molecule has 3 aromatic carbocycles. The van der Waals surface area contributed by atoms with Gasteiger partial charge in [-0.25, -0.2) is 4.79 Å². The molecule has 0 aromatic heterocycles. The van der Waals surface area contributed by atoms with Gasteiger partial charge < -0.3 is 30.3 Å². The monoisotopic (exact) mass is 545 g/mol. The molecule has 0 saturated carbocycles. The van der Waals surface area contributed by atoms with Crippen molar-refractivity contribution >= 4 is 11.7 Å². The molecule has 0 aliphatic carbocycles. The number of carbonyl (C=O) groups excluding carboxylic acids is 1. The number of aliphatic hydroxyl groups is 2. The van der Waals surface area contributed by atoms with E-state index in [9.17, 15) is 15.0 Å². The summed E-state index contributed by atoms with van der Waals surface area (Å²) in [6.07, 6.45) is 1.08. The van der Waals surface area contributed by atoms with Crippen LogP contribution in [-0.4, -0.2) is 53.0 Å². The highest BCUT2D eigenvalue weighted by molar-refractivity contribution is 5.89. The van der Waals surface area contributed by atoms with Crippen molar-refractivity contribution in [2.45, 2.75) is 57.5 Å². The topological polar surface area (TPSA) is 103 Å².